The molecule has 3 heterocycles. The maximum Gasteiger partial charge on any atom is 0.0689 e. The van der Waals surface area contributed by atoms with E-state index in [0.29, 0.717) is 5.92 Å². The van der Waals surface area contributed by atoms with Crippen LogP contribution in [0.15, 0.2) is 36.7 Å². The third-order valence-corrected chi connectivity index (χ3v) is 6.33. The van der Waals surface area contributed by atoms with Gasteiger partial charge in [0.2, 0.25) is 0 Å². The third-order valence-electron chi connectivity index (χ3n) is 6.33. The number of aryl methyl sites for hydroxylation is 3. The molecule has 2 fully saturated rings. The standard InChI is InChI=1S/C14H19NO.C11H17N/c1-4-9-15-13(5-1)12-6-10-16-14(11-12)7-2-3-8-14;1-4-5-6-11-7-9(2)10(3)12-8-11/h1,4-5,9,12H,2-3,6-8,10-11H2;7-8H,4-6H2,1-3H3/t12-;/m1./s1. The highest BCUT2D eigenvalue weighted by Gasteiger charge is 2.40. The fraction of sp³-hybridized carbons (Fsp3) is 0.600. The van der Waals surface area contributed by atoms with Gasteiger partial charge in [0.25, 0.3) is 0 Å². The van der Waals surface area contributed by atoms with Crippen molar-refractivity contribution in [2.45, 2.75) is 90.1 Å². The molecule has 3 heteroatoms. The van der Waals surface area contributed by atoms with Crippen molar-refractivity contribution in [3.8, 4) is 0 Å². The van der Waals surface area contributed by atoms with Crippen LogP contribution in [-0.2, 0) is 11.2 Å². The van der Waals surface area contributed by atoms with E-state index in [1.54, 1.807) is 0 Å². The SMILES string of the molecule is CCCCc1cnc(C)c(C)c1.c1ccc([C@@H]2CCOC3(CCCC3)C2)nc1. The topological polar surface area (TPSA) is 35.0 Å². The predicted octanol–water partition coefficient (Wildman–Crippen LogP) is 6.33. The Bertz CT molecular complexity index is 723. The minimum atomic E-state index is 0.209. The molecule has 3 nitrogen and oxygen atoms in total. The van der Waals surface area contributed by atoms with Crippen molar-refractivity contribution < 1.29 is 4.74 Å². The number of nitrogens with zero attached hydrogens (tertiary/aromatic N) is 2. The molecule has 0 aromatic carbocycles. The van der Waals surface area contributed by atoms with Gasteiger partial charge in [-0.1, -0.05) is 38.3 Å². The van der Waals surface area contributed by atoms with Crippen LogP contribution in [0.25, 0.3) is 0 Å². The summed E-state index contributed by atoms with van der Waals surface area (Å²) in [5.74, 6) is 0.619. The monoisotopic (exact) mass is 380 g/mol. The van der Waals surface area contributed by atoms with E-state index in [4.69, 9.17) is 4.74 Å². The average molecular weight is 381 g/mol. The minimum absolute atomic E-state index is 0.209. The summed E-state index contributed by atoms with van der Waals surface area (Å²) >= 11 is 0. The summed E-state index contributed by atoms with van der Waals surface area (Å²) in [6.45, 7) is 7.31. The van der Waals surface area contributed by atoms with E-state index in [-0.39, 0.29) is 5.60 Å². The molecule has 0 N–H and O–H groups in total. The van der Waals surface area contributed by atoms with Crippen LogP contribution in [0, 0.1) is 13.8 Å². The molecule has 1 aliphatic heterocycles. The van der Waals surface area contributed by atoms with Gasteiger partial charge in [-0.3, -0.25) is 9.97 Å². The van der Waals surface area contributed by atoms with Crippen LogP contribution in [0.1, 0.15) is 86.7 Å². The highest BCUT2D eigenvalue weighted by molar-refractivity contribution is 5.23. The Labute approximate surface area is 171 Å². The molecular formula is C25H36N2O. The Morgan fingerprint density at radius 1 is 1.14 bits per heavy atom. The average Bonchev–Trinajstić information content (AvgIpc) is 3.17. The molecule has 2 aliphatic rings. The van der Waals surface area contributed by atoms with Crippen LogP contribution in [0.3, 0.4) is 0 Å². The lowest BCUT2D eigenvalue weighted by Crippen LogP contribution is -2.36. The molecule has 0 amide bonds. The van der Waals surface area contributed by atoms with E-state index in [9.17, 15) is 0 Å². The number of hydrogen-bond acceptors (Lipinski definition) is 3. The molecule has 1 aliphatic carbocycles. The highest BCUT2D eigenvalue weighted by Crippen LogP contribution is 2.44. The Morgan fingerprint density at radius 2 is 1.96 bits per heavy atom. The summed E-state index contributed by atoms with van der Waals surface area (Å²) in [6.07, 6.45) is 15.1. The van der Waals surface area contributed by atoms with Crippen LogP contribution in [0.4, 0.5) is 0 Å². The summed E-state index contributed by atoms with van der Waals surface area (Å²) in [7, 11) is 0. The second kappa shape index (κ2) is 10.2. The van der Waals surface area contributed by atoms with Crippen LogP contribution in [0.5, 0.6) is 0 Å². The first kappa shape index (κ1) is 21.0. The van der Waals surface area contributed by atoms with E-state index in [1.165, 1.54) is 68.2 Å². The summed E-state index contributed by atoms with van der Waals surface area (Å²) in [5, 5.41) is 0. The Kier molecular flexibility index (Phi) is 7.61. The number of aromatic nitrogens is 2. The lowest BCUT2D eigenvalue weighted by molar-refractivity contribution is -0.0809. The zero-order valence-corrected chi connectivity index (χ0v) is 17.9. The van der Waals surface area contributed by atoms with Gasteiger partial charge in [0.05, 0.1) is 5.60 Å². The Morgan fingerprint density at radius 3 is 2.64 bits per heavy atom. The van der Waals surface area contributed by atoms with Gasteiger partial charge in [0, 0.05) is 36.3 Å². The molecule has 1 spiro atoms. The molecule has 28 heavy (non-hydrogen) atoms. The second-order valence-electron chi connectivity index (χ2n) is 8.53. The van der Waals surface area contributed by atoms with Gasteiger partial charge in [0.1, 0.15) is 0 Å². The number of ether oxygens (including phenoxy) is 1. The highest BCUT2D eigenvalue weighted by atomic mass is 16.5. The first-order valence-electron chi connectivity index (χ1n) is 11.1. The fourth-order valence-corrected chi connectivity index (χ4v) is 4.48. The van der Waals surface area contributed by atoms with Crippen molar-refractivity contribution in [3.05, 3.63) is 59.2 Å². The third kappa shape index (κ3) is 5.64. The lowest BCUT2D eigenvalue weighted by atomic mass is 9.83. The quantitative estimate of drug-likeness (QED) is 0.621. The normalized spacial score (nSPS) is 20.6. The second-order valence-corrected chi connectivity index (χ2v) is 8.53. The van der Waals surface area contributed by atoms with Gasteiger partial charge < -0.3 is 4.74 Å². The largest absolute Gasteiger partial charge is 0.375 e. The summed E-state index contributed by atoms with van der Waals surface area (Å²) in [6, 6.07) is 8.50. The van der Waals surface area contributed by atoms with Crippen molar-refractivity contribution in [2.24, 2.45) is 0 Å². The predicted molar refractivity (Wildman–Crippen MR) is 116 cm³/mol. The molecule has 2 aromatic heterocycles. The zero-order valence-electron chi connectivity index (χ0n) is 17.9. The first-order valence-corrected chi connectivity index (χ1v) is 11.1. The summed E-state index contributed by atoms with van der Waals surface area (Å²) < 4.78 is 6.05. The van der Waals surface area contributed by atoms with Crippen LogP contribution >= 0.6 is 0 Å². The molecule has 2 aromatic rings. The maximum atomic E-state index is 6.05. The van der Waals surface area contributed by atoms with Crippen molar-refractivity contribution in [1.82, 2.24) is 9.97 Å². The number of rotatable bonds is 4. The van der Waals surface area contributed by atoms with E-state index in [2.05, 4.69) is 48.9 Å². The maximum absolute atomic E-state index is 6.05. The van der Waals surface area contributed by atoms with Gasteiger partial charge in [-0.15, -0.1) is 0 Å². The molecule has 1 saturated heterocycles. The smallest absolute Gasteiger partial charge is 0.0689 e. The van der Waals surface area contributed by atoms with Crippen LogP contribution < -0.4 is 0 Å². The van der Waals surface area contributed by atoms with E-state index in [1.807, 2.05) is 18.5 Å². The first-order chi connectivity index (χ1) is 13.6. The van der Waals surface area contributed by atoms with Gasteiger partial charge in [-0.25, -0.2) is 0 Å². The number of unbranched alkanes of at least 4 members (excludes halogenated alkanes) is 1. The molecule has 152 valence electrons. The van der Waals surface area contributed by atoms with E-state index in [0.717, 1.165) is 18.7 Å². The Balaban J connectivity index is 0.000000169. The summed E-state index contributed by atoms with van der Waals surface area (Å²) in [4.78, 5) is 8.83. The lowest BCUT2D eigenvalue weighted by Gasteiger charge is -2.38. The van der Waals surface area contributed by atoms with Crippen LogP contribution in [-0.4, -0.2) is 22.2 Å². The van der Waals surface area contributed by atoms with Gasteiger partial charge in [-0.2, -0.15) is 0 Å². The van der Waals surface area contributed by atoms with Crippen LogP contribution in [0.2, 0.25) is 0 Å². The Hall–Kier alpha value is -1.74. The van der Waals surface area contributed by atoms with Gasteiger partial charge in [-0.05, 0) is 75.6 Å². The molecular weight excluding hydrogens is 344 g/mol. The van der Waals surface area contributed by atoms with Crippen molar-refractivity contribution in [2.75, 3.05) is 6.61 Å². The molecule has 0 unspecified atom stereocenters. The number of hydrogen-bond donors (Lipinski definition) is 0. The summed E-state index contributed by atoms with van der Waals surface area (Å²) in [5.41, 5.74) is 5.30. The molecule has 0 bridgehead atoms. The van der Waals surface area contributed by atoms with E-state index >= 15 is 0 Å². The van der Waals surface area contributed by atoms with Crippen molar-refractivity contribution in [1.29, 1.82) is 0 Å². The minimum Gasteiger partial charge on any atom is -0.375 e. The van der Waals surface area contributed by atoms with Crippen molar-refractivity contribution in [3.63, 3.8) is 0 Å². The molecule has 0 radical (unpaired) electrons. The molecule has 4 rings (SSSR count). The fourth-order valence-electron chi connectivity index (χ4n) is 4.48. The number of pyridine rings is 2. The van der Waals surface area contributed by atoms with Gasteiger partial charge in [0.15, 0.2) is 0 Å². The van der Waals surface area contributed by atoms with Gasteiger partial charge >= 0.3 is 0 Å². The van der Waals surface area contributed by atoms with E-state index < -0.39 is 0 Å². The van der Waals surface area contributed by atoms with Crippen molar-refractivity contribution >= 4 is 0 Å². The molecule has 1 atom stereocenters. The molecule has 1 saturated carbocycles. The zero-order chi connectivity index (χ0) is 19.8.